The SMILES string of the molecule is COCCNC(C)c1ncc(Br)s1. The number of hydrogen-bond acceptors (Lipinski definition) is 4. The molecular weight excluding hydrogens is 252 g/mol. The molecule has 0 aliphatic rings. The van der Waals surface area contributed by atoms with Crippen molar-refractivity contribution in [1.82, 2.24) is 10.3 Å². The van der Waals surface area contributed by atoms with E-state index in [-0.39, 0.29) is 0 Å². The number of methoxy groups -OCH3 is 1. The quantitative estimate of drug-likeness (QED) is 0.829. The molecule has 0 aliphatic heterocycles. The number of thiazole rings is 1. The van der Waals surface area contributed by atoms with Crippen molar-refractivity contribution in [2.24, 2.45) is 0 Å². The van der Waals surface area contributed by atoms with Crippen molar-refractivity contribution in [3.63, 3.8) is 0 Å². The highest BCUT2D eigenvalue weighted by Crippen LogP contribution is 2.23. The van der Waals surface area contributed by atoms with Crippen LogP contribution in [0.4, 0.5) is 0 Å². The van der Waals surface area contributed by atoms with Gasteiger partial charge in [0.25, 0.3) is 0 Å². The average molecular weight is 265 g/mol. The molecule has 0 bridgehead atoms. The minimum Gasteiger partial charge on any atom is -0.383 e. The Morgan fingerprint density at radius 3 is 3.08 bits per heavy atom. The van der Waals surface area contributed by atoms with Crippen LogP contribution in [-0.4, -0.2) is 25.2 Å². The fraction of sp³-hybridized carbons (Fsp3) is 0.625. The molecule has 0 fully saturated rings. The molecule has 0 radical (unpaired) electrons. The van der Waals surface area contributed by atoms with Crippen LogP contribution in [0.15, 0.2) is 9.98 Å². The number of rotatable bonds is 5. The predicted molar refractivity (Wildman–Crippen MR) is 58.1 cm³/mol. The fourth-order valence-electron chi connectivity index (χ4n) is 0.932. The maximum atomic E-state index is 4.94. The summed E-state index contributed by atoms with van der Waals surface area (Å²) in [5.74, 6) is 0. The van der Waals surface area contributed by atoms with Gasteiger partial charge in [0.2, 0.25) is 0 Å². The zero-order valence-corrected chi connectivity index (χ0v) is 10.1. The van der Waals surface area contributed by atoms with Crippen LogP contribution in [0.1, 0.15) is 18.0 Å². The smallest absolute Gasteiger partial charge is 0.110 e. The second-order valence-electron chi connectivity index (χ2n) is 2.67. The van der Waals surface area contributed by atoms with Crippen molar-refractivity contribution in [3.8, 4) is 0 Å². The molecule has 0 amide bonds. The minimum absolute atomic E-state index is 0.298. The molecular formula is C8H13BrN2OS. The highest BCUT2D eigenvalue weighted by molar-refractivity contribution is 9.11. The Morgan fingerprint density at radius 1 is 1.77 bits per heavy atom. The average Bonchev–Trinajstić information content (AvgIpc) is 2.52. The van der Waals surface area contributed by atoms with Crippen LogP contribution in [0.3, 0.4) is 0 Å². The number of aromatic nitrogens is 1. The summed E-state index contributed by atoms with van der Waals surface area (Å²) in [5.41, 5.74) is 0. The number of halogens is 1. The molecule has 0 spiro atoms. The van der Waals surface area contributed by atoms with Crippen LogP contribution < -0.4 is 5.32 Å². The second-order valence-corrected chi connectivity index (χ2v) is 5.11. The van der Waals surface area contributed by atoms with E-state index in [1.165, 1.54) is 0 Å². The second kappa shape index (κ2) is 5.70. The number of hydrogen-bond donors (Lipinski definition) is 1. The molecule has 0 aromatic carbocycles. The molecule has 74 valence electrons. The van der Waals surface area contributed by atoms with Gasteiger partial charge in [-0.15, -0.1) is 11.3 Å². The Morgan fingerprint density at radius 2 is 2.54 bits per heavy atom. The first kappa shape index (κ1) is 11.1. The lowest BCUT2D eigenvalue weighted by molar-refractivity contribution is 0.196. The summed E-state index contributed by atoms with van der Waals surface area (Å²) in [6, 6.07) is 0.298. The summed E-state index contributed by atoms with van der Waals surface area (Å²) < 4.78 is 6.02. The normalized spacial score (nSPS) is 13.2. The van der Waals surface area contributed by atoms with Crippen LogP contribution in [0.5, 0.6) is 0 Å². The number of nitrogens with one attached hydrogen (secondary N) is 1. The molecule has 1 rings (SSSR count). The number of nitrogens with zero attached hydrogens (tertiary/aromatic N) is 1. The zero-order chi connectivity index (χ0) is 9.68. The fourth-order valence-corrected chi connectivity index (χ4v) is 2.20. The Hall–Kier alpha value is 0.0300. The molecule has 0 aliphatic carbocycles. The molecule has 1 aromatic heterocycles. The van der Waals surface area contributed by atoms with E-state index in [1.807, 2.05) is 6.20 Å². The maximum absolute atomic E-state index is 4.94. The van der Waals surface area contributed by atoms with Crippen LogP contribution in [0.2, 0.25) is 0 Å². The zero-order valence-electron chi connectivity index (χ0n) is 7.71. The summed E-state index contributed by atoms with van der Waals surface area (Å²) >= 11 is 5.04. The Labute approximate surface area is 90.6 Å². The van der Waals surface area contributed by atoms with Gasteiger partial charge < -0.3 is 10.1 Å². The molecule has 3 nitrogen and oxygen atoms in total. The van der Waals surface area contributed by atoms with Gasteiger partial charge in [-0.1, -0.05) is 0 Å². The summed E-state index contributed by atoms with van der Waals surface area (Å²) in [7, 11) is 1.70. The van der Waals surface area contributed by atoms with Crippen molar-refractivity contribution in [3.05, 3.63) is 15.0 Å². The summed E-state index contributed by atoms with van der Waals surface area (Å²) in [6.07, 6.45) is 1.83. The minimum atomic E-state index is 0.298. The van der Waals surface area contributed by atoms with Gasteiger partial charge >= 0.3 is 0 Å². The van der Waals surface area contributed by atoms with Gasteiger partial charge in [0, 0.05) is 13.7 Å². The van der Waals surface area contributed by atoms with Gasteiger partial charge in [0.05, 0.1) is 22.6 Å². The molecule has 0 saturated carbocycles. The van der Waals surface area contributed by atoms with Crippen LogP contribution in [0, 0.1) is 0 Å². The van der Waals surface area contributed by atoms with Crippen LogP contribution in [-0.2, 0) is 4.74 Å². The van der Waals surface area contributed by atoms with E-state index in [0.717, 1.165) is 21.9 Å². The van der Waals surface area contributed by atoms with E-state index < -0.39 is 0 Å². The first-order chi connectivity index (χ1) is 6.24. The Balaban J connectivity index is 2.35. The van der Waals surface area contributed by atoms with Gasteiger partial charge in [-0.2, -0.15) is 0 Å². The molecule has 5 heteroatoms. The molecule has 1 unspecified atom stereocenters. The van der Waals surface area contributed by atoms with Crippen molar-refractivity contribution in [1.29, 1.82) is 0 Å². The van der Waals surface area contributed by atoms with E-state index in [1.54, 1.807) is 18.4 Å². The third-order valence-corrected chi connectivity index (χ3v) is 3.28. The van der Waals surface area contributed by atoms with E-state index >= 15 is 0 Å². The van der Waals surface area contributed by atoms with Crippen molar-refractivity contribution in [2.45, 2.75) is 13.0 Å². The predicted octanol–water partition coefficient (Wildman–Crippen LogP) is 2.20. The Kier molecular flexibility index (Phi) is 4.87. The van der Waals surface area contributed by atoms with Gasteiger partial charge in [-0.25, -0.2) is 4.98 Å². The number of ether oxygens (including phenoxy) is 1. The highest BCUT2D eigenvalue weighted by Gasteiger charge is 2.07. The van der Waals surface area contributed by atoms with E-state index in [2.05, 4.69) is 33.2 Å². The lowest BCUT2D eigenvalue weighted by Gasteiger charge is -2.09. The lowest BCUT2D eigenvalue weighted by atomic mass is 10.3. The Bertz CT molecular complexity index is 254. The topological polar surface area (TPSA) is 34.1 Å². The molecule has 0 saturated heterocycles. The third kappa shape index (κ3) is 3.72. The van der Waals surface area contributed by atoms with Crippen molar-refractivity contribution >= 4 is 27.3 Å². The largest absolute Gasteiger partial charge is 0.383 e. The summed E-state index contributed by atoms with van der Waals surface area (Å²) in [6.45, 7) is 3.69. The molecule has 13 heavy (non-hydrogen) atoms. The maximum Gasteiger partial charge on any atom is 0.110 e. The summed E-state index contributed by atoms with van der Waals surface area (Å²) in [5, 5.41) is 4.42. The molecule has 1 aromatic rings. The van der Waals surface area contributed by atoms with Gasteiger partial charge in [-0.3, -0.25) is 0 Å². The van der Waals surface area contributed by atoms with Gasteiger partial charge in [0.1, 0.15) is 5.01 Å². The molecule has 1 atom stereocenters. The third-order valence-electron chi connectivity index (χ3n) is 1.62. The molecule has 1 heterocycles. The molecule has 1 N–H and O–H groups in total. The highest BCUT2D eigenvalue weighted by atomic mass is 79.9. The van der Waals surface area contributed by atoms with Crippen molar-refractivity contribution < 1.29 is 4.74 Å². The van der Waals surface area contributed by atoms with Crippen LogP contribution in [0.25, 0.3) is 0 Å². The monoisotopic (exact) mass is 264 g/mol. The summed E-state index contributed by atoms with van der Waals surface area (Å²) in [4.78, 5) is 4.26. The van der Waals surface area contributed by atoms with Crippen molar-refractivity contribution in [2.75, 3.05) is 20.3 Å². The first-order valence-corrected chi connectivity index (χ1v) is 5.68. The van der Waals surface area contributed by atoms with Gasteiger partial charge in [-0.05, 0) is 22.9 Å². The van der Waals surface area contributed by atoms with E-state index in [4.69, 9.17) is 4.74 Å². The lowest BCUT2D eigenvalue weighted by Crippen LogP contribution is -2.22. The van der Waals surface area contributed by atoms with Gasteiger partial charge in [0.15, 0.2) is 0 Å². The van der Waals surface area contributed by atoms with Crippen LogP contribution >= 0.6 is 27.3 Å². The standard InChI is InChI=1S/C8H13BrN2OS/c1-6(10-3-4-12-2)8-11-5-7(9)13-8/h5-6,10H,3-4H2,1-2H3. The van der Waals surface area contributed by atoms with E-state index in [0.29, 0.717) is 6.04 Å². The van der Waals surface area contributed by atoms with E-state index in [9.17, 15) is 0 Å². The first-order valence-electron chi connectivity index (χ1n) is 4.07.